The fourth-order valence-corrected chi connectivity index (χ4v) is 2.00. The van der Waals surface area contributed by atoms with Crippen LogP contribution >= 0.6 is 8.60 Å². The van der Waals surface area contributed by atoms with Crippen LogP contribution in [0.1, 0.15) is 5.56 Å². The predicted octanol–water partition coefficient (Wildman–Crippen LogP) is -0.389. The van der Waals surface area contributed by atoms with Crippen molar-refractivity contribution >= 4 is 19.6 Å². The van der Waals surface area contributed by atoms with Crippen LogP contribution in [0, 0.1) is 0 Å². The summed E-state index contributed by atoms with van der Waals surface area (Å²) in [4.78, 5) is 38.1. The molecule has 0 saturated heterocycles. The minimum atomic E-state index is -2.28. The van der Waals surface area contributed by atoms with E-state index in [1.54, 1.807) is 6.20 Å². The highest BCUT2D eigenvalue weighted by atomic mass is 31.2. The lowest BCUT2D eigenvalue weighted by atomic mass is 10.2. The Kier molecular flexibility index (Phi) is 5.00. The van der Waals surface area contributed by atoms with Gasteiger partial charge in [0.25, 0.3) is 5.56 Å². The molecule has 9 heteroatoms. The fourth-order valence-electron chi connectivity index (χ4n) is 1.74. The van der Waals surface area contributed by atoms with Crippen molar-refractivity contribution in [2.75, 3.05) is 19.7 Å². The van der Waals surface area contributed by atoms with Crippen molar-refractivity contribution in [2.24, 2.45) is 0 Å². The first-order valence-electron chi connectivity index (χ1n) is 5.73. The van der Waals surface area contributed by atoms with E-state index in [0.717, 1.165) is 5.56 Å². The molecule has 0 bridgehead atoms. The number of nitrogens with one attached hydrogen (secondary N) is 3. The van der Waals surface area contributed by atoms with Crippen molar-refractivity contribution in [1.29, 1.82) is 0 Å². The highest BCUT2D eigenvalue weighted by Gasteiger charge is 2.07. The van der Waals surface area contributed by atoms with Gasteiger partial charge in [0, 0.05) is 12.7 Å². The summed E-state index contributed by atoms with van der Waals surface area (Å²) < 4.78 is 4.61. The van der Waals surface area contributed by atoms with Gasteiger partial charge in [0.15, 0.2) is 0 Å². The fraction of sp³-hybridized carbons (Fsp3) is 0.400. The molecule has 0 spiro atoms. The summed E-state index contributed by atoms with van der Waals surface area (Å²) in [6, 6.07) is 0. The molecule has 0 amide bonds. The molecular weight excluding hydrogens is 271 g/mol. The Balaban J connectivity index is 1.82. The summed E-state index contributed by atoms with van der Waals surface area (Å²) in [6.07, 6.45) is 3.86. The Labute approximate surface area is 109 Å². The Morgan fingerprint density at radius 3 is 3.00 bits per heavy atom. The van der Waals surface area contributed by atoms with Crippen molar-refractivity contribution < 1.29 is 14.3 Å². The topological polar surface area (TPSA) is 123 Å². The van der Waals surface area contributed by atoms with Crippen LogP contribution in [0.25, 0.3) is 11.0 Å². The monoisotopic (exact) mass is 286 g/mol. The van der Waals surface area contributed by atoms with E-state index in [4.69, 9.17) is 9.79 Å². The molecule has 0 unspecified atom stereocenters. The second-order valence-corrected chi connectivity index (χ2v) is 4.62. The predicted molar refractivity (Wildman–Crippen MR) is 70.6 cm³/mol. The molecule has 0 radical (unpaired) electrons. The largest absolute Gasteiger partial charge is 0.355 e. The standard InChI is InChI=1S/C10H15N4O4P/c15-10-9-8(13-6-14-10)7(5-12-9)1-2-11-3-4-18-19(16)17/h5-6,11-12,16-17H,1-4H2,(H,13,14,15). The molecule has 0 aliphatic rings. The SMILES string of the molecule is O=c1[nH]cnc2c(CCNCCOP(O)O)c[nH]c12. The van der Waals surface area contributed by atoms with Gasteiger partial charge in [-0.15, -0.1) is 0 Å². The first-order chi connectivity index (χ1) is 9.18. The highest BCUT2D eigenvalue weighted by molar-refractivity contribution is 7.39. The van der Waals surface area contributed by atoms with E-state index in [1.165, 1.54) is 6.33 Å². The molecule has 0 aromatic carbocycles. The van der Waals surface area contributed by atoms with Crippen LogP contribution in [0.5, 0.6) is 0 Å². The van der Waals surface area contributed by atoms with Crippen LogP contribution < -0.4 is 10.9 Å². The molecule has 5 N–H and O–H groups in total. The Morgan fingerprint density at radius 1 is 1.37 bits per heavy atom. The number of H-pyrrole nitrogens is 2. The van der Waals surface area contributed by atoms with E-state index < -0.39 is 8.60 Å². The molecule has 0 saturated carbocycles. The van der Waals surface area contributed by atoms with Gasteiger partial charge in [0.2, 0.25) is 0 Å². The third-order valence-corrected chi connectivity index (χ3v) is 3.02. The van der Waals surface area contributed by atoms with Crippen LogP contribution in [-0.4, -0.2) is 44.4 Å². The minimum Gasteiger partial charge on any atom is -0.355 e. The van der Waals surface area contributed by atoms with E-state index in [0.29, 0.717) is 30.5 Å². The molecule has 2 heterocycles. The third kappa shape index (κ3) is 3.82. The molecule has 0 aliphatic heterocycles. The number of aromatic amines is 2. The van der Waals surface area contributed by atoms with Crippen molar-refractivity contribution in [3.8, 4) is 0 Å². The molecule has 2 aromatic rings. The van der Waals surface area contributed by atoms with Crippen LogP contribution in [0.3, 0.4) is 0 Å². The molecule has 0 atom stereocenters. The van der Waals surface area contributed by atoms with Gasteiger partial charge in [0.1, 0.15) is 5.52 Å². The minimum absolute atomic E-state index is 0.183. The molecule has 19 heavy (non-hydrogen) atoms. The summed E-state index contributed by atoms with van der Waals surface area (Å²) in [7, 11) is -2.28. The summed E-state index contributed by atoms with van der Waals surface area (Å²) in [5.74, 6) is 0. The Morgan fingerprint density at radius 2 is 2.21 bits per heavy atom. The lowest BCUT2D eigenvalue weighted by Crippen LogP contribution is -2.21. The van der Waals surface area contributed by atoms with Crippen LogP contribution in [-0.2, 0) is 10.9 Å². The maximum atomic E-state index is 11.5. The van der Waals surface area contributed by atoms with E-state index in [9.17, 15) is 4.79 Å². The van der Waals surface area contributed by atoms with E-state index in [2.05, 4.69) is 24.8 Å². The van der Waals surface area contributed by atoms with Gasteiger partial charge in [-0.1, -0.05) is 0 Å². The van der Waals surface area contributed by atoms with Crippen LogP contribution in [0.2, 0.25) is 0 Å². The molecular formula is C10H15N4O4P. The van der Waals surface area contributed by atoms with E-state index in [-0.39, 0.29) is 12.2 Å². The van der Waals surface area contributed by atoms with Crippen molar-refractivity contribution in [3.63, 3.8) is 0 Å². The van der Waals surface area contributed by atoms with Crippen molar-refractivity contribution in [2.45, 2.75) is 6.42 Å². The third-order valence-electron chi connectivity index (χ3n) is 2.60. The average molecular weight is 286 g/mol. The number of aromatic nitrogens is 3. The maximum absolute atomic E-state index is 11.5. The van der Waals surface area contributed by atoms with E-state index >= 15 is 0 Å². The first kappa shape index (κ1) is 14.1. The number of nitrogens with zero attached hydrogens (tertiary/aromatic N) is 1. The summed E-state index contributed by atoms with van der Waals surface area (Å²) >= 11 is 0. The van der Waals surface area contributed by atoms with Crippen molar-refractivity contribution in [3.05, 3.63) is 28.4 Å². The Bertz CT molecular complexity index is 582. The summed E-state index contributed by atoms with van der Waals surface area (Å²) in [6.45, 7) is 1.44. The van der Waals surface area contributed by atoms with Gasteiger partial charge >= 0.3 is 8.60 Å². The van der Waals surface area contributed by atoms with Gasteiger partial charge < -0.3 is 29.6 Å². The van der Waals surface area contributed by atoms with Gasteiger partial charge in [0.05, 0.1) is 18.5 Å². The van der Waals surface area contributed by atoms with Gasteiger partial charge in [-0.05, 0) is 18.5 Å². The van der Waals surface area contributed by atoms with E-state index in [1.807, 2.05) is 0 Å². The van der Waals surface area contributed by atoms with Gasteiger partial charge in [-0.2, -0.15) is 0 Å². The number of rotatable bonds is 7. The normalized spacial score (nSPS) is 11.5. The summed E-state index contributed by atoms with van der Waals surface area (Å²) in [5, 5.41) is 3.09. The first-order valence-corrected chi connectivity index (χ1v) is 6.90. The zero-order chi connectivity index (χ0) is 13.7. The molecule has 0 aliphatic carbocycles. The van der Waals surface area contributed by atoms with Gasteiger partial charge in [-0.25, -0.2) is 4.98 Å². The lowest BCUT2D eigenvalue weighted by Gasteiger charge is -2.05. The molecule has 0 fully saturated rings. The second-order valence-electron chi connectivity index (χ2n) is 3.86. The second kappa shape index (κ2) is 6.74. The Hall–Kier alpha value is -1.31. The number of fused-ring (bicyclic) bond motifs is 1. The summed E-state index contributed by atoms with van der Waals surface area (Å²) in [5.41, 5.74) is 1.93. The average Bonchev–Trinajstić information content (AvgIpc) is 2.78. The smallest absolute Gasteiger partial charge is 0.327 e. The van der Waals surface area contributed by atoms with Crippen LogP contribution in [0.15, 0.2) is 17.3 Å². The molecule has 104 valence electrons. The zero-order valence-electron chi connectivity index (χ0n) is 10.1. The van der Waals surface area contributed by atoms with Crippen LogP contribution in [0.4, 0.5) is 0 Å². The quantitative estimate of drug-likeness (QED) is 0.349. The molecule has 2 aromatic heterocycles. The lowest BCUT2D eigenvalue weighted by molar-refractivity contribution is 0.255. The molecule has 8 nitrogen and oxygen atoms in total. The number of hydrogen-bond donors (Lipinski definition) is 5. The molecule has 2 rings (SSSR count). The maximum Gasteiger partial charge on any atom is 0.327 e. The number of hydrogen-bond acceptors (Lipinski definition) is 6. The zero-order valence-corrected chi connectivity index (χ0v) is 11.0. The van der Waals surface area contributed by atoms with Crippen molar-refractivity contribution in [1.82, 2.24) is 20.3 Å². The van der Waals surface area contributed by atoms with Gasteiger partial charge in [-0.3, -0.25) is 4.79 Å². The highest BCUT2D eigenvalue weighted by Crippen LogP contribution is 2.23.